The zero-order valence-corrected chi connectivity index (χ0v) is 23.2. The molecule has 0 spiro atoms. The van der Waals surface area contributed by atoms with Crippen molar-refractivity contribution in [1.82, 2.24) is 5.32 Å². The summed E-state index contributed by atoms with van der Waals surface area (Å²) >= 11 is 9.79. The zero-order valence-electron chi connectivity index (χ0n) is 20.8. The standard InChI is InChI=1S/C28H24BrClN2O6/c1-16-4-9-21(12-17(16)2)37-10-11-38-25-23(30)14-18(15-24(25)36-3)13-22-26(33)31-28(35)32(27(22)34)20-7-5-19(29)6-8-20/h4-9,12-15H,10-11H2,1-3H3,(H,31,33,35). The molecule has 3 aromatic carbocycles. The van der Waals surface area contributed by atoms with Crippen molar-refractivity contribution in [3.05, 3.63) is 86.4 Å². The van der Waals surface area contributed by atoms with Crippen LogP contribution in [0.4, 0.5) is 10.5 Å². The maximum absolute atomic E-state index is 13.1. The van der Waals surface area contributed by atoms with Crippen molar-refractivity contribution in [1.29, 1.82) is 0 Å². The first-order valence-corrected chi connectivity index (χ1v) is 12.7. The topological polar surface area (TPSA) is 94.2 Å². The van der Waals surface area contributed by atoms with Gasteiger partial charge in [0.25, 0.3) is 11.8 Å². The molecular formula is C28H24BrClN2O6. The zero-order chi connectivity index (χ0) is 27.4. The van der Waals surface area contributed by atoms with E-state index in [0.29, 0.717) is 22.7 Å². The van der Waals surface area contributed by atoms with Gasteiger partial charge in [-0.2, -0.15) is 0 Å². The predicted molar refractivity (Wildman–Crippen MR) is 148 cm³/mol. The number of nitrogens with zero attached hydrogens (tertiary/aromatic N) is 1. The molecule has 196 valence electrons. The van der Waals surface area contributed by atoms with E-state index in [1.807, 2.05) is 32.0 Å². The summed E-state index contributed by atoms with van der Waals surface area (Å²) in [5.74, 6) is -0.235. The number of barbiturate groups is 1. The Morgan fingerprint density at radius 1 is 0.947 bits per heavy atom. The van der Waals surface area contributed by atoms with E-state index in [1.54, 1.807) is 30.3 Å². The number of methoxy groups -OCH3 is 1. The van der Waals surface area contributed by atoms with Crippen LogP contribution in [0.3, 0.4) is 0 Å². The van der Waals surface area contributed by atoms with E-state index in [4.69, 9.17) is 25.8 Å². The highest BCUT2D eigenvalue weighted by atomic mass is 79.9. The molecule has 8 nitrogen and oxygen atoms in total. The van der Waals surface area contributed by atoms with Gasteiger partial charge in [0, 0.05) is 4.47 Å². The van der Waals surface area contributed by atoms with Crippen LogP contribution in [0, 0.1) is 13.8 Å². The minimum absolute atomic E-state index is 0.203. The lowest BCUT2D eigenvalue weighted by atomic mass is 10.1. The van der Waals surface area contributed by atoms with Crippen LogP contribution in [0.25, 0.3) is 6.08 Å². The van der Waals surface area contributed by atoms with Gasteiger partial charge in [0.05, 0.1) is 17.8 Å². The van der Waals surface area contributed by atoms with Crippen molar-refractivity contribution in [3.8, 4) is 17.2 Å². The Labute approximate surface area is 233 Å². The van der Waals surface area contributed by atoms with E-state index in [-0.39, 0.29) is 23.8 Å². The molecule has 0 atom stereocenters. The second-order valence-corrected chi connectivity index (χ2v) is 9.73. The summed E-state index contributed by atoms with van der Waals surface area (Å²) in [5.41, 5.74) is 2.80. The Kier molecular flexibility index (Phi) is 8.38. The number of amides is 4. The van der Waals surface area contributed by atoms with Crippen LogP contribution >= 0.6 is 27.5 Å². The number of nitrogens with one attached hydrogen (secondary N) is 1. The molecule has 0 aromatic heterocycles. The first kappa shape index (κ1) is 27.2. The Hall–Kier alpha value is -3.82. The Morgan fingerprint density at radius 2 is 1.66 bits per heavy atom. The molecule has 0 bridgehead atoms. The summed E-state index contributed by atoms with van der Waals surface area (Å²) in [5, 5.41) is 2.41. The average molecular weight is 600 g/mol. The molecule has 4 rings (SSSR count). The van der Waals surface area contributed by atoms with Crippen molar-refractivity contribution in [2.24, 2.45) is 0 Å². The SMILES string of the molecule is COc1cc(C=C2C(=O)NC(=O)N(c3ccc(Br)cc3)C2=O)cc(Cl)c1OCCOc1ccc(C)c(C)c1. The van der Waals surface area contributed by atoms with Crippen LogP contribution in [-0.2, 0) is 9.59 Å². The summed E-state index contributed by atoms with van der Waals surface area (Å²) in [4.78, 5) is 39.0. The van der Waals surface area contributed by atoms with Gasteiger partial charge in [0.2, 0.25) is 0 Å². The molecule has 0 radical (unpaired) electrons. The summed E-state index contributed by atoms with van der Waals surface area (Å²) in [6.45, 7) is 4.53. The first-order chi connectivity index (χ1) is 18.2. The van der Waals surface area contributed by atoms with Gasteiger partial charge in [-0.25, -0.2) is 9.69 Å². The highest BCUT2D eigenvalue weighted by Crippen LogP contribution is 2.37. The number of halogens is 2. The lowest BCUT2D eigenvalue weighted by Crippen LogP contribution is -2.54. The molecule has 3 aromatic rings. The van der Waals surface area contributed by atoms with Crippen molar-refractivity contribution >= 4 is 57.1 Å². The lowest BCUT2D eigenvalue weighted by molar-refractivity contribution is -0.122. The Bertz CT molecular complexity index is 1440. The van der Waals surface area contributed by atoms with Gasteiger partial charge in [-0.15, -0.1) is 0 Å². The number of ether oxygens (including phenoxy) is 3. The highest BCUT2D eigenvalue weighted by Gasteiger charge is 2.36. The van der Waals surface area contributed by atoms with E-state index in [1.165, 1.54) is 24.8 Å². The van der Waals surface area contributed by atoms with Gasteiger partial charge < -0.3 is 14.2 Å². The first-order valence-electron chi connectivity index (χ1n) is 11.6. The van der Waals surface area contributed by atoms with E-state index in [2.05, 4.69) is 21.2 Å². The number of imide groups is 2. The summed E-state index contributed by atoms with van der Waals surface area (Å²) in [6, 6.07) is 14.7. The summed E-state index contributed by atoms with van der Waals surface area (Å²) < 4.78 is 17.8. The third-order valence-corrected chi connectivity index (χ3v) is 6.64. The molecule has 38 heavy (non-hydrogen) atoms. The van der Waals surface area contributed by atoms with E-state index in [9.17, 15) is 14.4 Å². The maximum Gasteiger partial charge on any atom is 0.335 e. The fourth-order valence-electron chi connectivity index (χ4n) is 3.72. The molecular weight excluding hydrogens is 576 g/mol. The third kappa shape index (κ3) is 6.00. The molecule has 1 heterocycles. The van der Waals surface area contributed by atoms with Crippen LogP contribution in [0.15, 0.2) is 64.6 Å². The molecule has 4 amide bonds. The van der Waals surface area contributed by atoms with Gasteiger partial charge in [-0.3, -0.25) is 14.9 Å². The molecule has 1 aliphatic rings. The van der Waals surface area contributed by atoms with Crippen LogP contribution in [0.5, 0.6) is 17.2 Å². The number of rotatable bonds is 8. The fourth-order valence-corrected chi connectivity index (χ4v) is 4.26. The second kappa shape index (κ2) is 11.7. The number of anilines is 1. The van der Waals surface area contributed by atoms with E-state index >= 15 is 0 Å². The van der Waals surface area contributed by atoms with Gasteiger partial charge in [0.15, 0.2) is 11.5 Å². The van der Waals surface area contributed by atoms with Gasteiger partial charge in [0.1, 0.15) is 24.5 Å². The number of hydrogen-bond donors (Lipinski definition) is 1. The van der Waals surface area contributed by atoms with E-state index < -0.39 is 17.8 Å². The Morgan fingerprint density at radius 3 is 2.34 bits per heavy atom. The number of carbonyl (C=O) groups is 3. The van der Waals surface area contributed by atoms with Crippen LogP contribution in [-0.4, -0.2) is 38.2 Å². The Balaban J connectivity index is 1.51. The second-order valence-electron chi connectivity index (χ2n) is 8.41. The van der Waals surface area contributed by atoms with Crippen LogP contribution in [0.2, 0.25) is 5.02 Å². The van der Waals surface area contributed by atoms with Crippen molar-refractivity contribution < 1.29 is 28.6 Å². The lowest BCUT2D eigenvalue weighted by Gasteiger charge is -2.26. The van der Waals surface area contributed by atoms with E-state index in [0.717, 1.165) is 20.7 Å². The number of urea groups is 1. The normalized spacial score (nSPS) is 14.5. The molecule has 0 saturated carbocycles. The van der Waals surface area contributed by atoms with Gasteiger partial charge in [-0.05, 0) is 85.1 Å². The average Bonchev–Trinajstić information content (AvgIpc) is 2.88. The molecule has 1 aliphatic heterocycles. The maximum atomic E-state index is 13.1. The van der Waals surface area contributed by atoms with Crippen LogP contribution < -0.4 is 24.4 Å². The molecule has 1 fully saturated rings. The molecule has 1 saturated heterocycles. The minimum atomic E-state index is -0.832. The predicted octanol–water partition coefficient (Wildman–Crippen LogP) is 5.85. The summed E-state index contributed by atoms with van der Waals surface area (Å²) in [6.07, 6.45) is 1.34. The highest BCUT2D eigenvalue weighted by molar-refractivity contribution is 9.10. The van der Waals surface area contributed by atoms with Crippen LogP contribution in [0.1, 0.15) is 16.7 Å². The molecule has 10 heteroatoms. The minimum Gasteiger partial charge on any atom is -0.493 e. The van der Waals surface area contributed by atoms with Crippen molar-refractivity contribution in [2.45, 2.75) is 13.8 Å². The van der Waals surface area contributed by atoms with Crippen molar-refractivity contribution in [3.63, 3.8) is 0 Å². The largest absolute Gasteiger partial charge is 0.493 e. The third-order valence-electron chi connectivity index (χ3n) is 5.83. The number of benzene rings is 3. The van der Waals surface area contributed by atoms with Gasteiger partial charge >= 0.3 is 6.03 Å². The molecule has 1 N–H and O–H groups in total. The summed E-state index contributed by atoms with van der Waals surface area (Å²) in [7, 11) is 1.45. The van der Waals surface area contributed by atoms with Crippen molar-refractivity contribution in [2.75, 3.05) is 25.2 Å². The monoisotopic (exact) mass is 598 g/mol. The molecule has 0 aliphatic carbocycles. The fraction of sp³-hybridized carbons (Fsp3) is 0.179. The number of hydrogen-bond acceptors (Lipinski definition) is 6. The molecule has 0 unspecified atom stereocenters. The smallest absolute Gasteiger partial charge is 0.335 e. The quantitative estimate of drug-likeness (QED) is 0.198. The number of carbonyl (C=O) groups excluding carboxylic acids is 3. The van der Waals surface area contributed by atoms with Gasteiger partial charge in [-0.1, -0.05) is 33.6 Å². The number of aryl methyl sites for hydroxylation is 2.